The molecule has 0 aliphatic heterocycles. The molecule has 1 saturated carbocycles. The number of hydrogen-bond donors (Lipinski definition) is 1. The van der Waals surface area contributed by atoms with Gasteiger partial charge in [-0.15, -0.1) is 0 Å². The van der Waals surface area contributed by atoms with Gasteiger partial charge in [0.25, 0.3) is 5.56 Å². The molecule has 3 nitrogen and oxygen atoms in total. The van der Waals surface area contributed by atoms with Gasteiger partial charge in [-0.2, -0.15) is 0 Å². The minimum atomic E-state index is -0.248. The maximum absolute atomic E-state index is 13.4. The molecule has 1 fully saturated rings. The van der Waals surface area contributed by atoms with E-state index in [-0.39, 0.29) is 11.4 Å². The van der Waals surface area contributed by atoms with Gasteiger partial charge in [-0.1, -0.05) is 12.8 Å². The zero-order chi connectivity index (χ0) is 15.0. The molecule has 1 aromatic carbocycles. The molecule has 1 heterocycles. The van der Waals surface area contributed by atoms with E-state index in [0.29, 0.717) is 20.9 Å². The van der Waals surface area contributed by atoms with Crippen LogP contribution in [0.25, 0.3) is 11.4 Å². The first-order valence-electron chi connectivity index (χ1n) is 7.12. The molecule has 21 heavy (non-hydrogen) atoms. The smallest absolute Gasteiger partial charge is 0.264 e. The molecule has 2 aromatic rings. The van der Waals surface area contributed by atoms with E-state index in [9.17, 15) is 9.18 Å². The van der Waals surface area contributed by atoms with Crippen molar-refractivity contribution in [2.24, 2.45) is 0 Å². The average Bonchev–Trinajstić information content (AvgIpc) is 2.98. The van der Waals surface area contributed by atoms with Crippen LogP contribution in [-0.2, 0) is 0 Å². The predicted molar refractivity (Wildman–Crippen MR) is 88.9 cm³/mol. The fraction of sp³-hybridized carbons (Fsp3) is 0.375. The summed E-state index contributed by atoms with van der Waals surface area (Å²) in [5.41, 5.74) is 2.09. The maximum atomic E-state index is 13.4. The van der Waals surface area contributed by atoms with Crippen molar-refractivity contribution in [2.75, 3.05) is 0 Å². The third-order valence-electron chi connectivity index (χ3n) is 4.06. The lowest BCUT2D eigenvalue weighted by atomic mass is 10.0. The molecule has 0 radical (unpaired) electrons. The van der Waals surface area contributed by atoms with Gasteiger partial charge in [-0.25, -0.2) is 9.37 Å². The van der Waals surface area contributed by atoms with E-state index in [0.717, 1.165) is 24.1 Å². The molecule has 0 saturated heterocycles. The van der Waals surface area contributed by atoms with Crippen LogP contribution < -0.4 is 5.56 Å². The van der Waals surface area contributed by atoms with E-state index in [1.807, 2.05) is 0 Å². The van der Waals surface area contributed by atoms with Gasteiger partial charge in [0.1, 0.15) is 11.6 Å². The van der Waals surface area contributed by atoms with E-state index in [2.05, 4.69) is 32.6 Å². The van der Waals surface area contributed by atoms with Crippen LogP contribution in [-0.4, -0.2) is 9.97 Å². The molecule has 110 valence electrons. The summed E-state index contributed by atoms with van der Waals surface area (Å²) < 4.78 is 14.1. The number of aromatic amines is 1. The fourth-order valence-corrected chi connectivity index (χ4v) is 3.57. The first-order valence-corrected chi connectivity index (χ1v) is 8.20. The average molecular weight is 398 g/mol. The molecular weight excluding hydrogens is 382 g/mol. The number of nitrogens with one attached hydrogen (secondary N) is 1. The van der Waals surface area contributed by atoms with Gasteiger partial charge in [-0.3, -0.25) is 4.79 Å². The summed E-state index contributed by atoms with van der Waals surface area (Å²) in [6.45, 7) is 1.71. The highest BCUT2D eigenvalue weighted by molar-refractivity contribution is 14.1. The summed E-state index contributed by atoms with van der Waals surface area (Å²) in [5.74, 6) is 0.660. The minimum Gasteiger partial charge on any atom is -0.306 e. The Balaban J connectivity index is 2.10. The molecule has 1 aliphatic rings. The Bertz CT molecular complexity index is 736. The fourth-order valence-electron chi connectivity index (χ4n) is 2.87. The number of aromatic nitrogens is 2. The summed E-state index contributed by atoms with van der Waals surface area (Å²) in [6.07, 6.45) is 4.57. The Kier molecular flexibility index (Phi) is 4.10. The van der Waals surface area contributed by atoms with Crippen LogP contribution in [0, 0.1) is 16.3 Å². The molecule has 0 bridgehead atoms. The van der Waals surface area contributed by atoms with E-state index in [1.165, 1.54) is 18.9 Å². The van der Waals surface area contributed by atoms with Crippen molar-refractivity contribution in [3.63, 3.8) is 0 Å². The Labute approximate surface area is 136 Å². The first kappa shape index (κ1) is 14.7. The topological polar surface area (TPSA) is 45.8 Å². The second kappa shape index (κ2) is 5.87. The molecule has 3 rings (SSSR count). The van der Waals surface area contributed by atoms with Crippen molar-refractivity contribution in [1.29, 1.82) is 0 Å². The zero-order valence-corrected chi connectivity index (χ0v) is 13.9. The van der Waals surface area contributed by atoms with Crippen molar-refractivity contribution in [2.45, 2.75) is 38.5 Å². The van der Waals surface area contributed by atoms with Gasteiger partial charge in [0, 0.05) is 11.5 Å². The quantitative estimate of drug-likeness (QED) is 0.773. The van der Waals surface area contributed by atoms with Crippen LogP contribution >= 0.6 is 22.6 Å². The van der Waals surface area contributed by atoms with Crippen molar-refractivity contribution in [3.8, 4) is 11.4 Å². The Morgan fingerprint density at radius 1 is 1.33 bits per heavy atom. The largest absolute Gasteiger partial charge is 0.306 e. The molecule has 0 spiro atoms. The summed E-state index contributed by atoms with van der Waals surface area (Å²) in [4.78, 5) is 19.6. The summed E-state index contributed by atoms with van der Waals surface area (Å²) in [6, 6.07) is 4.79. The molecular formula is C16H16FIN2O. The predicted octanol–water partition coefficient (Wildman–Crippen LogP) is 4.15. The van der Waals surface area contributed by atoms with Crippen LogP contribution in [0.1, 0.15) is 42.9 Å². The Morgan fingerprint density at radius 3 is 2.71 bits per heavy atom. The van der Waals surface area contributed by atoms with Gasteiger partial charge in [0.15, 0.2) is 0 Å². The molecule has 1 N–H and O–H groups in total. The van der Waals surface area contributed by atoms with Crippen LogP contribution in [0.3, 0.4) is 0 Å². The summed E-state index contributed by atoms with van der Waals surface area (Å²) in [7, 11) is 0. The molecule has 0 unspecified atom stereocenters. The SMILES string of the molecule is Cc1cc(-c2nc(C3CCCC3)c(I)c(=O)[nH]2)ccc1F. The van der Waals surface area contributed by atoms with Gasteiger partial charge in [0.2, 0.25) is 0 Å². The second-order valence-electron chi connectivity index (χ2n) is 5.56. The molecule has 0 amide bonds. The summed E-state index contributed by atoms with van der Waals surface area (Å²) in [5, 5.41) is 0. The van der Waals surface area contributed by atoms with Crippen molar-refractivity contribution in [3.05, 3.63) is 49.2 Å². The first-order chi connectivity index (χ1) is 10.1. The Morgan fingerprint density at radius 2 is 2.05 bits per heavy atom. The molecule has 1 aromatic heterocycles. The minimum absolute atomic E-state index is 0.107. The summed E-state index contributed by atoms with van der Waals surface area (Å²) >= 11 is 2.08. The number of aryl methyl sites for hydroxylation is 1. The van der Waals surface area contributed by atoms with E-state index in [4.69, 9.17) is 0 Å². The van der Waals surface area contributed by atoms with E-state index in [1.54, 1.807) is 19.1 Å². The highest BCUT2D eigenvalue weighted by atomic mass is 127. The number of rotatable bonds is 2. The molecule has 0 atom stereocenters. The van der Waals surface area contributed by atoms with Crippen LogP contribution in [0.4, 0.5) is 4.39 Å². The third-order valence-corrected chi connectivity index (χ3v) is 5.10. The van der Waals surface area contributed by atoms with E-state index >= 15 is 0 Å². The number of H-pyrrole nitrogens is 1. The lowest BCUT2D eigenvalue weighted by Crippen LogP contribution is -2.18. The molecule has 1 aliphatic carbocycles. The van der Waals surface area contributed by atoms with Crippen LogP contribution in [0.15, 0.2) is 23.0 Å². The van der Waals surface area contributed by atoms with Crippen LogP contribution in [0.2, 0.25) is 0 Å². The van der Waals surface area contributed by atoms with Crippen molar-refractivity contribution < 1.29 is 4.39 Å². The van der Waals surface area contributed by atoms with Gasteiger partial charge in [0.05, 0.1) is 9.26 Å². The highest BCUT2D eigenvalue weighted by Crippen LogP contribution is 2.35. The van der Waals surface area contributed by atoms with Crippen molar-refractivity contribution >= 4 is 22.6 Å². The van der Waals surface area contributed by atoms with E-state index < -0.39 is 0 Å². The van der Waals surface area contributed by atoms with Crippen molar-refractivity contribution in [1.82, 2.24) is 9.97 Å². The van der Waals surface area contributed by atoms with Gasteiger partial charge < -0.3 is 4.98 Å². The van der Waals surface area contributed by atoms with Gasteiger partial charge in [-0.05, 0) is 66.1 Å². The van der Waals surface area contributed by atoms with Crippen LogP contribution in [0.5, 0.6) is 0 Å². The lowest BCUT2D eigenvalue weighted by Gasteiger charge is -2.12. The second-order valence-corrected chi connectivity index (χ2v) is 6.64. The zero-order valence-electron chi connectivity index (χ0n) is 11.7. The number of benzene rings is 1. The van der Waals surface area contributed by atoms with Gasteiger partial charge >= 0.3 is 0 Å². The number of halogens is 2. The number of hydrogen-bond acceptors (Lipinski definition) is 2. The highest BCUT2D eigenvalue weighted by Gasteiger charge is 2.23. The normalized spacial score (nSPS) is 15.6. The third kappa shape index (κ3) is 2.88. The monoisotopic (exact) mass is 398 g/mol. The standard InChI is InChI=1S/C16H16FIN2O/c1-9-8-11(6-7-12(9)17)15-19-14(10-4-2-3-5-10)13(18)16(21)20-15/h6-8,10H,2-5H2,1H3,(H,19,20,21). The number of nitrogens with zero attached hydrogens (tertiary/aromatic N) is 1. The Hall–Kier alpha value is -1.24. The maximum Gasteiger partial charge on any atom is 0.264 e. The molecule has 5 heteroatoms. The lowest BCUT2D eigenvalue weighted by molar-refractivity contribution is 0.618.